The van der Waals surface area contributed by atoms with Crippen LogP contribution in [0.5, 0.6) is 11.5 Å². The van der Waals surface area contributed by atoms with Gasteiger partial charge >= 0.3 is 5.97 Å². The molecule has 0 saturated carbocycles. The summed E-state index contributed by atoms with van der Waals surface area (Å²) in [6, 6.07) is 11.9. The minimum absolute atomic E-state index is 0.00138. The molecule has 1 N–H and O–H groups in total. The number of nitrogens with one attached hydrogen (secondary N) is 1. The first-order chi connectivity index (χ1) is 14.4. The molecule has 0 spiro atoms. The maximum absolute atomic E-state index is 12.0. The van der Waals surface area contributed by atoms with Gasteiger partial charge in [0.25, 0.3) is 5.91 Å². The Kier molecular flexibility index (Phi) is 9.15. The summed E-state index contributed by atoms with van der Waals surface area (Å²) in [5.41, 5.74) is 1.44. The topological polar surface area (TPSA) is 90.9 Å². The monoisotopic (exact) mass is 433 g/mol. The van der Waals surface area contributed by atoms with Gasteiger partial charge in [0.2, 0.25) is 0 Å². The van der Waals surface area contributed by atoms with Gasteiger partial charge in [-0.05, 0) is 48.4 Å². The Hall–Kier alpha value is -3.06. The average Bonchev–Trinajstić information content (AvgIpc) is 2.76. The fourth-order valence-electron chi connectivity index (χ4n) is 2.65. The normalized spacial score (nSPS) is 10.2. The van der Waals surface area contributed by atoms with E-state index < -0.39 is 11.9 Å². The first-order valence-corrected chi connectivity index (χ1v) is 9.72. The molecule has 0 aliphatic rings. The Balaban J connectivity index is 1.66. The van der Waals surface area contributed by atoms with Crippen molar-refractivity contribution >= 4 is 29.3 Å². The van der Waals surface area contributed by atoms with Gasteiger partial charge in [0.1, 0.15) is 0 Å². The highest BCUT2D eigenvalue weighted by atomic mass is 35.5. The molecule has 0 atom stereocenters. The van der Waals surface area contributed by atoms with Gasteiger partial charge in [0.15, 0.2) is 23.9 Å². The van der Waals surface area contributed by atoms with Crippen molar-refractivity contribution in [2.45, 2.75) is 19.3 Å². The molecule has 0 bridgehead atoms. The van der Waals surface area contributed by atoms with E-state index in [-0.39, 0.29) is 25.2 Å². The highest BCUT2D eigenvalue weighted by Crippen LogP contribution is 2.27. The fraction of sp³-hybridized carbons (Fsp3) is 0.318. The van der Waals surface area contributed by atoms with E-state index in [1.165, 1.54) is 0 Å². The van der Waals surface area contributed by atoms with Crippen LogP contribution in [0.2, 0.25) is 5.02 Å². The summed E-state index contributed by atoms with van der Waals surface area (Å²) in [5, 5.41) is 3.21. The lowest BCUT2D eigenvalue weighted by molar-refractivity contribution is -0.148. The molecule has 1 amide bonds. The second-order valence-corrected chi connectivity index (χ2v) is 6.82. The molecule has 0 heterocycles. The van der Waals surface area contributed by atoms with Crippen LogP contribution >= 0.6 is 11.6 Å². The number of benzene rings is 2. The van der Waals surface area contributed by atoms with Crippen LogP contribution in [0.15, 0.2) is 42.5 Å². The molecule has 30 heavy (non-hydrogen) atoms. The molecule has 0 aromatic heterocycles. The van der Waals surface area contributed by atoms with Gasteiger partial charge in [0.05, 0.1) is 20.6 Å². The molecular formula is C22H24ClNO6. The zero-order valence-corrected chi connectivity index (χ0v) is 17.7. The Bertz CT molecular complexity index is 882. The number of carbonyl (C=O) groups is 3. The summed E-state index contributed by atoms with van der Waals surface area (Å²) >= 11 is 5.78. The van der Waals surface area contributed by atoms with Crippen LogP contribution in [0.3, 0.4) is 0 Å². The Morgan fingerprint density at radius 3 is 2.30 bits per heavy atom. The molecule has 8 heteroatoms. The van der Waals surface area contributed by atoms with Crippen LogP contribution in [0.4, 0.5) is 0 Å². The molecule has 0 aliphatic carbocycles. The Morgan fingerprint density at radius 1 is 0.933 bits per heavy atom. The number of rotatable bonds is 11. The van der Waals surface area contributed by atoms with Crippen molar-refractivity contribution in [1.82, 2.24) is 5.32 Å². The van der Waals surface area contributed by atoms with E-state index in [2.05, 4.69) is 5.32 Å². The predicted molar refractivity (Wildman–Crippen MR) is 112 cm³/mol. The lowest BCUT2D eigenvalue weighted by Crippen LogP contribution is -2.30. The molecule has 160 valence electrons. The third kappa shape index (κ3) is 7.40. The molecule has 2 aromatic rings. The molecule has 7 nitrogen and oxygen atoms in total. The van der Waals surface area contributed by atoms with Crippen LogP contribution in [0, 0.1) is 0 Å². The number of ether oxygens (including phenoxy) is 3. The lowest BCUT2D eigenvalue weighted by atomic mass is 10.1. The Morgan fingerprint density at radius 2 is 1.63 bits per heavy atom. The zero-order chi connectivity index (χ0) is 21.9. The third-order valence-corrected chi connectivity index (χ3v) is 4.52. The molecule has 0 radical (unpaired) electrons. The summed E-state index contributed by atoms with van der Waals surface area (Å²) in [6.45, 7) is -0.0131. The first-order valence-electron chi connectivity index (χ1n) is 9.35. The quantitative estimate of drug-likeness (QED) is 0.432. The summed E-state index contributed by atoms with van der Waals surface area (Å²) in [7, 11) is 3.12. The molecule has 0 fully saturated rings. The minimum Gasteiger partial charge on any atom is -0.493 e. The van der Waals surface area contributed by atoms with Crippen molar-refractivity contribution in [3.63, 3.8) is 0 Å². The van der Waals surface area contributed by atoms with Crippen LogP contribution in [-0.4, -0.2) is 45.0 Å². The molecule has 2 rings (SSSR count). The standard InChI is InChI=1S/C22H24ClNO6/c1-28-19-9-3-15(13-20(19)29-2)11-12-24-21(26)14-30-22(27)10-8-18(25)16-4-6-17(23)7-5-16/h3-7,9,13H,8,10-12,14H2,1-2H3,(H,24,26). The second kappa shape index (κ2) is 11.8. The van der Waals surface area contributed by atoms with Gasteiger partial charge in [-0.1, -0.05) is 17.7 Å². The van der Waals surface area contributed by atoms with Crippen molar-refractivity contribution in [2.24, 2.45) is 0 Å². The van der Waals surface area contributed by atoms with Crippen LogP contribution < -0.4 is 14.8 Å². The van der Waals surface area contributed by atoms with Crippen LogP contribution in [-0.2, 0) is 20.7 Å². The van der Waals surface area contributed by atoms with Crippen molar-refractivity contribution in [3.8, 4) is 11.5 Å². The number of Topliss-reactive ketones (excluding diaryl/α,β-unsaturated/α-hetero) is 1. The number of hydrogen-bond acceptors (Lipinski definition) is 6. The number of amides is 1. The SMILES string of the molecule is COc1ccc(CCNC(=O)COC(=O)CCC(=O)c2ccc(Cl)cc2)cc1OC. The summed E-state index contributed by atoms with van der Waals surface area (Å²) < 4.78 is 15.3. The van der Waals surface area contributed by atoms with Gasteiger partial charge in [-0.15, -0.1) is 0 Å². The summed E-state index contributed by atoms with van der Waals surface area (Å²) in [6.07, 6.45) is 0.484. The van der Waals surface area contributed by atoms with E-state index in [9.17, 15) is 14.4 Å². The first kappa shape index (κ1) is 23.2. The molecule has 0 unspecified atom stereocenters. The van der Waals surface area contributed by atoms with Crippen molar-refractivity contribution in [1.29, 1.82) is 0 Å². The van der Waals surface area contributed by atoms with E-state index in [1.807, 2.05) is 12.1 Å². The molecule has 0 aliphatic heterocycles. The predicted octanol–water partition coefficient (Wildman–Crippen LogP) is 3.22. The van der Waals surface area contributed by atoms with E-state index in [0.29, 0.717) is 35.1 Å². The van der Waals surface area contributed by atoms with Crippen LogP contribution in [0.1, 0.15) is 28.8 Å². The fourth-order valence-corrected chi connectivity index (χ4v) is 2.77. The van der Waals surface area contributed by atoms with E-state index in [1.54, 1.807) is 44.6 Å². The lowest BCUT2D eigenvalue weighted by Gasteiger charge is -2.10. The third-order valence-electron chi connectivity index (χ3n) is 4.27. The highest BCUT2D eigenvalue weighted by Gasteiger charge is 2.12. The number of esters is 1. The number of halogens is 1. The minimum atomic E-state index is -0.604. The zero-order valence-electron chi connectivity index (χ0n) is 16.9. The van der Waals surface area contributed by atoms with Crippen LogP contribution in [0.25, 0.3) is 0 Å². The molecular weight excluding hydrogens is 410 g/mol. The average molecular weight is 434 g/mol. The Labute approximate surface area is 180 Å². The van der Waals surface area contributed by atoms with E-state index in [0.717, 1.165) is 5.56 Å². The van der Waals surface area contributed by atoms with Crippen molar-refractivity contribution in [3.05, 3.63) is 58.6 Å². The van der Waals surface area contributed by atoms with Gasteiger partial charge in [-0.25, -0.2) is 0 Å². The molecule has 2 aromatic carbocycles. The summed E-state index contributed by atoms with van der Waals surface area (Å²) in [5.74, 6) is 0.0401. The number of methoxy groups -OCH3 is 2. The second-order valence-electron chi connectivity index (χ2n) is 6.38. The molecule has 0 saturated heterocycles. The van der Waals surface area contributed by atoms with Gasteiger partial charge in [0, 0.05) is 23.6 Å². The van der Waals surface area contributed by atoms with Crippen molar-refractivity contribution < 1.29 is 28.6 Å². The largest absolute Gasteiger partial charge is 0.493 e. The maximum Gasteiger partial charge on any atom is 0.306 e. The summed E-state index contributed by atoms with van der Waals surface area (Å²) in [4.78, 5) is 35.6. The maximum atomic E-state index is 12.0. The van der Waals surface area contributed by atoms with Gasteiger partial charge < -0.3 is 19.5 Å². The highest BCUT2D eigenvalue weighted by molar-refractivity contribution is 6.30. The smallest absolute Gasteiger partial charge is 0.306 e. The van der Waals surface area contributed by atoms with Gasteiger partial charge in [-0.2, -0.15) is 0 Å². The van der Waals surface area contributed by atoms with Gasteiger partial charge in [-0.3, -0.25) is 14.4 Å². The number of carbonyl (C=O) groups excluding carboxylic acids is 3. The number of hydrogen-bond donors (Lipinski definition) is 1. The number of ketones is 1. The van der Waals surface area contributed by atoms with E-state index >= 15 is 0 Å². The van der Waals surface area contributed by atoms with Crippen molar-refractivity contribution in [2.75, 3.05) is 27.4 Å². The van der Waals surface area contributed by atoms with E-state index in [4.69, 9.17) is 25.8 Å².